The summed E-state index contributed by atoms with van der Waals surface area (Å²) in [5, 5.41) is 2.65. The number of aromatic nitrogens is 2. The summed E-state index contributed by atoms with van der Waals surface area (Å²) in [4.78, 5) is 20.5. The van der Waals surface area contributed by atoms with Gasteiger partial charge in [-0.2, -0.15) is 0 Å². The molecule has 0 radical (unpaired) electrons. The lowest BCUT2D eigenvalue weighted by Gasteiger charge is -2.12. The van der Waals surface area contributed by atoms with Gasteiger partial charge in [0.1, 0.15) is 12.4 Å². The monoisotopic (exact) mass is 401 g/mol. The molecule has 0 saturated heterocycles. The van der Waals surface area contributed by atoms with Crippen molar-refractivity contribution in [2.24, 2.45) is 0 Å². The highest BCUT2D eigenvalue weighted by Crippen LogP contribution is 2.24. The molecular weight excluding hydrogens is 389 g/mol. The number of amides is 1. The minimum Gasteiger partial charge on any atom is -0.485 e. The van der Waals surface area contributed by atoms with E-state index in [1.54, 1.807) is 24.5 Å². The van der Waals surface area contributed by atoms with Crippen LogP contribution < -0.4 is 10.1 Å². The average molecular weight is 402 g/mol. The average Bonchev–Trinajstić information content (AvgIpc) is 2.64. The summed E-state index contributed by atoms with van der Waals surface area (Å²) in [6.45, 7) is 0.306. The smallest absolute Gasteiger partial charge is 0.258 e. The number of nitrogens with one attached hydrogen (secondary N) is 1. The van der Waals surface area contributed by atoms with Gasteiger partial charge in [-0.15, -0.1) is 0 Å². The molecular formula is C18H13BrFN3O2. The van der Waals surface area contributed by atoms with Gasteiger partial charge in [0.2, 0.25) is 0 Å². The van der Waals surface area contributed by atoms with Gasteiger partial charge in [0.15, 0.2) is 11.6 Å². The molecule has 0 spiro atoms. The van der Waals surface area contributed by atoms with Crippen LogP contribution in [0.3, 0.4) is 0 Å². The van der Waals surface area contributed by atoms with E-state index in [1.165, 1.54) is 18.3 Å². The number of anilines is 1. The number of pyridine rings is 2. The maximum atomic E-state index is 13.4. The highest BCUT2D eigenvalue weighted by Gasteiger charge is 2.14. The zero-order valence-electron chi connectivity index (χ0n) is 12.9. The number of ether oxygens (including phenoxy) is 1. The highest BCUT2D eigenvalue weighted by atomic mass is 79.9. The number of nitrogens with zero attached hydrogens (tertiary/aromatic N) is 2. The molecule has 25 heavy (non-hydrogen) atoms. The summed E-state index contributed by atoms with van der Waals surface area (Å²) >= 11 is 3.24. The molecule has 3 rings (SSSR count). The van der Waals surface area contributed by atoms with E-state index in [-0.39, 0.29) is 11.4 Å². The maximum absolute atomic E-state index is 13.4. The minimum absolute atomic E-state index is 0.172. The van der Waals surface area contributed by atoms with Gasteiger partial charge in [-0.3, -0.25) is 9.78 Å². The third kappa shape index (κ3) is 4.39. The Morgan fingerprint density at radius 2 is 1.96 bits per heavy atom. The molecule has 0 aliphatic carbocycles. The van der Waals surface area contributed by atoms with Crippen molar-refractivity contribution in [2.75, 3.05) is 5.32 Å². The molecule has 1 N–H and O–H groups in total. The summed E-state index contributed by atoms with van der Waals surface area (Å²) in [5.74, 6) is -0.305. The van der Waals surface area contributed by atoms with Gasteiger partial charge in [0, 0.05) is 23.1 Å². The summed E-state index contributed by atoms with van der Waals surface area (Å²) < 4.78 is 19.6. The molecule has 7 heteroatoms. The SMILES string of the molecule is O=C(Nc1ncccc1OCc1ccncc1)c1cc(F)ccc1Br. The topological polar surface area (TPSA) is 64.1 Å². The molecule has 0 aliphatic rings. The lowest BCUT2D eigenvalue weighted by Crippen LogP contribution is -2.15. The second kappa shape index (κ2) is 7.85. The fourth-order valence-electron chi connectivity index (χ4n) is 2.09. The van der Waals surface area contributed by atoms with Crippen LogP contribution in [0.2, 0.25) is 0 Å². The van der Waals surface area contributed by atoms with Crippen LogP contribution in [0.5, 0.6) is 5.75 Å². The zero-order valence-corrected chi connectivity index (χ0v) is 14.5. The summed E-state index contributed by atoms with van der Waals surface area (Å²) in [7, 11) is 0. The van der Waals surface area contributed by atoms with Crippen molar-refractivity contribution in [3.8, 4) is 5.75 Å². The van der Waals surface area contributed by atoms with Crippen molar-refractivity contribution >= 4 is 27.7 Å². The van der Waals surface area contributed by atoms with Crippen molar-refractivity contribution in [3.63, 3.8) is 0 Å². The third-order valence-corrected chi connectivity index (χ3v) is 4.01. The molecule has 0 fully saturated rings. The van der Waals surface area contributed by atoms with E-state index in [4.69, 9.17) is 4.74 Å². The van der Waals surface area contributed by atoms with E-state index in [9.17, 15) is 9.18 Å². The fraction of sp³-hybridized carbons (Fsp3) is 0.0556. The van der Waals surface area contributed by atoms with Crippen LogP contribution >= 0.6 is 15.9 Å². The molecule has 0 bridgehead atoms. The third-order valence-electron chi connectivity index (χ3n) is 3.32. The molecule has 2 aromatic heterocycles. The van der Waals surface area contributed by atoms with Crippen LogP contribution in [-0.4, -0.2) is 15.9 Å². The van der Waals surface area contributed by atoms with Crippen LogP contribution in [0.25, 0.3) is 0 Å². The molecule has 5 nitrogen and oxygen atoms in total. The van der Waals surface area contributed by atoms with Crippen LogP contribution in [0.4, 0.5) is 10.2 Å². The molecule has 0 aliphatic heterocycles. The van der Waals surface area contributed by atoms with E-state index in [2.05, 4.69) is 31.2 Å². The molecule has 126 valence electrons. The Bertz CT molecular complexity index is 890. The van der Waals surface area contributed by atoms with Crippen LogP contribution in [-0.2, 0) is 6.61 Å². The van der Waals surface area contributed by atoms with Crippen LogP contribution in [0.15, 0.2) is 65.5 Å². The lowest BCUT2D eigenvalue weighted by molar-refractivity contribution is 0.102. The Morgan fingerprint density at radius 1 is 1.16 bits per heavy atom. The highest BCUT2D eigenvalue weighted by molar-refractivity contribution is 9.10. The predicted octanol–water partition coefficient (Wildman–Crippen LogP) is 4.21. The summed E-state index contributed by atoms with van der Waals surface area (Å²) in [5.41, 5.74) is 1.11. The van der Waals surface area contributed by atoms with Crippen LogP contribution in [0.1, 0.15) is 15.9 Å². The Balaban J connectivity index is 1.76. The number of carbonyl (C=O) groups excluding carboxylic acids is 1. The van der Waals surface area contributed by atoms with Gasteiger partial charge in [0.05, 0.1) is 5.56 Å². The Labute approximate surface area is 152 Å². The van der Waals surface area contributed by atoms with E-state index in [1.807, 2.05) is 12.1 Å². The van der Waals surface area contributed by atoms with Crippen molar-refractivity contribution in [2.45, 2.75) is 6.61 Å². The molecule has 0 saturated carbocycles. The Hall–Kier alpha value is -2.80. The van der Waals surface area contributed by atoms with E-state index in [0.717, 1.165) is 11.6 Å². The van der Waals surface area contributed by atoms with Crippen LogP contribution in [0, 0.1) is 5.82 Å². The first-order valence-electron chi connectivity index (χ1n) is 7.36. The normalized spacial score (nSPS) is 10.3. The molecule has 0 unspecified atom stereocenters. The van der Waals surface area contributed by atoms with E-state index < -0.39 is 11.7 Å². The van der Waals surface area contributed by atoms with Gasteiger partial charge >= 0.3 is 0 Å². The van der Waals surface area contributed by atoms with Crippen molar-refractivity contribution in [1.29, 1.82) is 0 Å². The molecule has 1 amide bonds. The maximum Gasteiger partial charge on any atom is 0.258 e. The van der Waals surface area contributed by atoms with Crippen molar-refractivity contribution in [1.82, 2.24) is 9.97 Å². The number of carbonyl (C=O) groups is 1. The van der Waals surface area contributed by atoms with Gasteiger partial charge in [-0.05, 0) is 64.0 Å². The van der Waals surface area contributed by atoms with E-state index >= 15 is 0 Å². The Morgan fingerprint density at radius 3 is 2.76 bits per heavy atom. The zero-order chi connectivity index (χ0) is 17.6. The first-order chi connectivity index (χ1) is 12.1. The number of hydrogen-bond donors (Lipinski definition) is 1. The fourth-order valence-corrected chi connectivity index (χ4v) is 2.51. The van der Waals surface area contributed by atoms with Gasteiger partial charge in [-0.1, -0.05) is 0 Å². The standard InChI is InChI=1S/C18H13BrFN3O2/c19-15-4-3-13(20)10-14(15)18(24)23-17-16(2-1-7-22-17)25-11-12-5-8-21-9-6-12/h1-10H,11H2,(H,22,23,24). The summed E-state index contributed by atoms with van der Waals surface area (Å²) in [6.07, 6.45) is 4.88. The predicted molar refractivity (Wildman–Crippen MR) is 94.9 cm³/mol. The van der Waals surface area contributed by atoms with E-state index in [0.29, 0.717) is 16.8 Å². The second-order valence-electron chi connectivity index (χ2n) is 5.07. The Kier molecular flexibility index (Phi) is 5.35. The molecule has 3 aromatic rings. The number of hydrogen-bond acceptors (Lipinski definition) is 4. The van der Waals surface area contributed by atoms with Crippen molar-refractivity contribution < 1.29 is 13.9 Å². The number of rotatable bonds is 5. The molecule has 2 heterocycles. The lowest BCUT2D eigenvalue weighted by atomic mass is 10.2. The first-order valence-corrected chi connectivity index (χ1v) is 8.16. The quantitative estimate of drug-likeness (QED) is 0.695. The molecule has 0 atom stereocenters. The van der Waals surface area contributed by atoms with Crippen molar-refractivity contribution in [3.05, 3.63) is 82.5 Å². The summed E-state index contributed by atoms with van der Waals surface area (Å²) in [6, 6.07) is 11.0. The second-order valence-corrected chi connectivity index (χ2v) is 5.93. The van der Waals surface area contributed by atoms with Gasteiger partial charge < -0.3 is 10.1 Å². The van der Waals surface area contributed by atoms with Gasteiger partial charge in [0.25, 0.3) is 5.91 Å². The number of halogens is 2. The first kappa shape index (κ1) is 17.0. The number of benzene rings is 1. The molecule has 1 aromatic carbocycles. The largest absolute Gasteiger partial charge is 0.485 e. The van der Waals surface area contributed by atoms with Gasteiger partial charge in [-0.25, -0.2) is 9.37 Å². The minimum atomic E-state index is -0.497.